The Morgan fingerprint density at radius 1 is 0.939 bits per heavy atom. The summed E-state index contributed by atoms with van der Waals surface area (Å²) in [6, 6.07) is 27.6. The molecule has 4 aromatic carbocycles. The molecule has 2 N–H and O–H groups in total. The lowest BCUT2D eigenvalue weighted by atomic mass is 9.97. The van der Waals surface area contributed by atoms with Gasteiger partial charge in [-0.1, -0.05) is 78.5 Å². The van der Waals surface area contributed by atoms with Crippen molar-refractivity contribution in [3.63, 3.8) is 0 Å². The second kappa shape index (κ2) is 9.26. The minimum atomic E-state index is -0.541. The third-order valence-electron chi connectivity index (χ3n) is 5.35. The number of nitrogens with zero attached hydrogens (tertiary/aromatic N) is 2. The maximum absolute atomic E-state index is 12.3. The third kappa shape index (κ3) is 4.63. The zero-order valence-electron chi connectivity index (χ0n) is 17.6. The lowest BCUT2D eigenvalue weighted by Crippen LogP contribution is -2.28. The first kappa shape index (κ1) is 20.9. The molecule has 5 rings (SSSR count). The average Bonchev–Trinajstić information content (AvgIpc) is 3.17. The number of fused-ring (bicyclic) bond motifs is 2. The molecule has 4 aromatic rings. The van der Waals surface area contributed by atoms with Gasteiger partial charge in [-0.2, -0.15) is 5.10 Å². The Balaban J connectivity index is 1.33. The number of amidine groups is 1. The highest BCUT2D eigenvalue weighted by molar-refractivity contribution is 8.15. The number of thioether (sulfide) groups is 1. The molecular formula is C26H20N4O2S. The molecule has 1 fully saturated rings. The maximum Gasteiger partial charge on any atom is 0.240 e. The molecule has 33 heavy (non-hydrogen) atoms. The standard InChI is InChI=1S/C26H20N4O2S/c31-24(28-19-10-2-1-3-11-19)15-23-25(32)29-26(33-23)30-27-16-22-20-12-6-4-8-17(20)14-18-9-5-7-13-21(18)22/h1-14,16,23H,15H2,(H,28,31)(H,29,30,32)/b27-16+. The van der Waals surface area contributed by atoms with E-state index in [4.69, 9.17) is 0 Å². The first-order valence-corrected chi connectivity index (χ1v) is 11.4. The smallest absolute Gasteiger partial charge is 0.240 e. The fourth-order valence-electron chi connectivity index (χ4n) is 3.82. The zero-order chi connectivity index (χ0) is 22.6. The molecule has 7 heteroatoms. The fourth-order valence-corrected chi connectivity index (χ4v) is 4.74. The van der Waals surface area contributed by atoms with Crippen LogP contribution < -0.4 is 10.6 Å². The number of benzene rings is 4. The Hall–Kier alpha value is -3.97. The summed E-state index contributed by atoms with van der Waals surface area (Å²) in [5.41, 5.74) is 1.67. The third-order valence-corrected chi connectivity index (χ3v) is 6.43. The molecule has 1 aliphatic rings. The normalized spacial score (nSPS) is 17.2. The molecule has 1 atom stereocenters. The van der Waals surface area contributed by atoms with Crippen molar-refractivity contribution in [1.29, 1.82) is 0 Å². The second-order valence-electron chi connectivity index (χ2n) is 7.60. The monoisotopic (exact) mass is 452 g/mol. The molecule has 1 unspecified atom stereocenters. The zero-order valence-corrected chi connectivity index (χ0v) is 18.4. The maximum atomic E-state index is 12.3. The lowest BCUT2D eigenvalue weighted by Gasteiger charge is -2.07. The van der Waals surface area contributed by atoms with Gasteiger partial charge in [-0.25, -0.2) is 0 Å². The Morgan fingerprint density at radius 2 is 1.58 bits per heavy atom. The molecule has 1 heterocycles. The van der Waals surface area contributed by atoms with Gasteiger partial charge in [0.1, 0.15) is 5.25 Å². The highest BCUT2D eigenvalue weighted by Gasteiger charge is 2.32. The van der Waals surface area contributed by atoms with Crippen LogP contribution in [0.4, 0.5) is 5.69 Å². The van der Waals surface area contributed by atoms with Gasteiger partial charge in [0.05, 0.1) is 6.21 Å². The SMILES string of the molecule is O=C(CC1S/C(=N/N=C/c2c3ccccc3cc3ccccc23)NC1=O)Nc1ccccc1. The van der Waals surface area contributed by atoms with E-state index in [2.05, 4.69) is 51.2 Å². The number of hydrogen-bond acceptors (Lipinski definition) is 5. The van der Waals surface area contributed by atoms with Crippen LogP contribution in [0.1, 0.15) is 12.0 Å². The van der Waals surface area contributed by atoms with Crippen molar-refractivity contribution in [2.75, 3.05) is 5.32 Å². The summed E-state index contributed by atoms with van der Waals surface area (Å²) >= 11 is 1.21. The summed E-state index contributed by atoms with van der Waals surface area (Å²) < 4.78 is 0. The molecular weight excluding hydrogens is 432 g/mol. The molecule has 0 bridgehead atoms. The predicted octanol–water partition coefficient (Wildman–Crippen LogP) is 4.94. The van der Waals surface area contributed by atoms with Crippen LogP contribution in [0.15, 0.2) is 95.1 Å². The van der Waals surface area contributed by atoms with Gasteiger partial charge in [0, 0.05) is 17.7 Å². The van der Waals surface area contributed by atoms with Gasteiger partial charge >= 0.3 is 0 Å². The van der Waals surface area contributed by atoms with E-state index in [1.165, 1.54) is 11.8 Å². The molecule has 0 spiro atoms. The highest BCUT2D eigenvalue weighted by Crippen LogP contribution is 2.27. The number of rotatable bonds is 5. The van der Waals surface area contributed by atoms with Crippen LogP contribution in [-0.2, 0) is 9.59 Å². The van der Waals surface area contributed by atoms with Gasteiger partial charge in [-0.15, -0.1) is 5.10 Å². The number of anilines is 1. The summed E-state index contributed by atoms with van der Waals surface area (Å²) in [7, 11) is 0. The molecule has 0 radical (unpaired) electrons. The van der Waals surface area contributed by atoms with Crippen molar-refractivity contribution >= 4 is 62.2 Å². The van der Waals surface area contributed by atoms with Gasteiger partial charge in [-0.3, -0.25) is 9.59 Å². The number of carbonyl (C=O) groups is 2. The van der Waals surface area contributed by atoms with Crippen molar-refractivity contribution in [1.82, 2.24) is 5.32 Å². The number of para-hydroxylation sites is 1. The Kier molecular flexibility index (Phi) is 5.87. The van der Waals surface area contributed by atoms with E-state index in [9.17, 15) is 9.59 Å². The van der Waals surface area contributed by atoms with Crippen LogP contribution in [0, 0.1) is 0 Å². The summed E-state index contributed by atoms with van der Waals surface area (Å²) in [6.45, 7) is 0. The van der Waals surface area contributed by atoms with E-state index >= 15 is 0 Å². The molecule has 162 valence electrons. The molecule has 0 aliphatic carbocycles. The minimum absolute atomic E-state index is 0.0576. The summed E-state index contributed by atoms with van der Waals surface area (Å²) in [5.74, 6) is -0.464. The van der Waals surface area contributed by atoms with Gasteiger partial charge in [0.15, 0.2) is 5.17 Å². The molecule has 2 amide bonds. The first-order chi connectivity index (χ1) is 16.2. The number of nitrogens with one attached hydrogen (secondary N) is 2. The molecule has 0 saturated carbocycles. The molecule has 1 saturated heterocycles. The van der Waals surface area contributed by atoms with E-state index in [1.54, 1.807) is 18.3 Å². The van der Waals surface area contributed by atoms with Crippen LogP contribution in [0.2, 0.25) is 0 Å². The lowest BCUT2D eigenvalue weighted by molar-refractivity contribution is -0.122. The molecule has 6 nitrogen and oxygen atoms in total. The summed E-state index contributed by atoms with van der Waals surface area (Å²) in [5, 5.41) is 18.2. The minimum Gasteiger partial charge on any atom is -0.326 e. The van der Waals surface area contributed by atoms with Gasteiger partial charge in [0.25, 0.3) is 0 Å². The Labute approximate surface area is 194 Å². The molecule has 0 aromatic heterocycles. The van der Waals surface area contributed by atoms with E-state index in [1.807, 2.05) is 42.5 Å². The largest absolute Gasteiger partial charge is 0.326 e. The topological polar surface area (TPSA) is 82.9 Å². The van der Waals surface area contributed by atoms with Crippen LogP contribution in [0.25, 0.3) is 21.5 Å². The Morgan fingerprint density at radius 3 is 2.27 bits per heavy atom. The molecule has 1 aliphatic heterocycles. The number of amides is 2. The number of hydrogen-bond donors (Lipinski definition) is 2. The van der Waals surface area contributed by atoms with E-state index in [0.717, 1.165) is 27.1 Å². The quantitative estimate of drug-likeness (QED) is 0.256. The Bertz CT molecular complexity index is 1360. The van der Waals surface area contributed by atoms with Crippen molar-refractivity contribution in [3.8, 4) is 0 Å². The van der Waals surface area contributed by atoms with Gasteiger partial charge < -0.3 is 10.6 Å². The average molecular weight is 453 g/mol. The van der Waals surface area contributed by atoms with Crippen molar-refractivity contribution in [3.05, 3.63) is 90.5 Å². The van der Waals surface area contributed by atoms with Crippen LogP contribution in [-0.4, -0.2) is 28.4 Å². The fraction of sp³-hybridized carbons (Fsp3) is 0.0769. The second-order valence-corrected chi connectivity index (χ2v) is 8.79. The van der Waals surface area contributed by atoms with Crippen molar-refractivity contribution < 1.29 is 9.59 Å². The van der Waals surface area contributed by atoms with E-state index in [-0.39, 0.29) is 18.2 Å². The first-order valence-electron chi connectivity index (χ1n) is 10.5. The highest BCUT2D eigenvalue weighted by atomic mass is 32.2. The van der Waals surface area contributed by atoms with Crippen LogP contribution >= 0.6 is 11.8 Å². The van der Waals surface area contributed by atoms with Gasteiger partial charge in [-0.05, 0) is 39.7 Å². The summed E-state index contributed by atoms with van der Waals surface area (Å²) in [4.78, 5) is 24.6. The van der Waals surface area contributed by atoms with Crippen molar-refractivity contribution in [2.24, 2.45) is 10.2 Å². The van der Waals surface area contributed by atoms with Crippen molar-refractivity contribution in [2.45, 2.75) is 11.7 Å². The summed E-state index contributed by atoms with van der Waals surface area (Å²) in [6.07, 6.45) is 1.78. The van der Waals surface area contributed by atoms with E-state index in [0.29, 0.717) is 10.9 Å². The predicted molar refractivity (Wildman–Crippen MR) is 136 cm³/mol. The van der Waals surface area contributed by atoms with Gasteiger partial charge in [0.2, 0.25) is 11.8 Å². The van der Waals surface area contributed by atoms with Crippen LogP contribution in [0.3, 0.4) is 0 Å². The van der Waals surface area contributed by atoms with E-state index < -0.39 is 5.25 Å². The van der Waals surface area contributed by atoms with Crippen LogP contribution in [0.5, 0.6) is 0 Å². The number of carbonyl (C=O) groups excluding carboxylic acids is 2.